The molecule has 0 spiro atoms. The third kappa shape index (κ3) is 3.08. The zero-order valence-electron chi connectivity index (χ0n) is 8.89. The van der Waals surface area contributed by atoms with E-state index in [0.717, 1.165) is 6.42 Å². The zero-order chi connectivity index (χ0) is 11.5. The molecule has 0 heterocycles. The van der Waals surface area contributed by atoms with Gasteiger partial charge in [0.2, 0.25) is 0 Å². The Hall–Kier alpha value is -0.800. The molecule has 1 unspecified atom stereocenters. The Morgan fingerprint density at radius 3 is 2.67 bits per heavy atom. The molecule has 0 aliphatic heterocycles. The summed E-state index contributed by atoms with van der Waals surface area (Å²) in [6.07, 6.45) is 0.758. The molecule has 84 valence electrons. The van der Waals surface area contributed by atoms with Crippen LogP contribution >= 0.6 is 11.6 Å². The van der Waals surface area contributed by atoms with Crippen LogP contribution in [0.2, 0.25) is 5.02 Å². The van der Waals surface area contributed by atoms with Gasteiger partial charge < -0.3 is 10.5 Å². The van der Waals surface area contributed by atoms with Crippen molar-refractivity contribution >= 4 is 11.6 Å². The first kappa shape index (κ1) is 12.3. The molecule has 0 radical (unpaired) electrons. The van der Waals surface area contributed by atoms with Crippen LogP contribution in [0.3, 0.4) is 0 Å². The summed E-state index contributed by atoms with van der Waals surface area (Å²) in [6.45, 7) is 4.24. The lowest BCUT2D eigenvalue weighted by Crippen LogP contribution is -2.39. The van der Waals surface area contributed by atoms with Gasteiger partial charge in [0.15, 0.2) is 0 Å². The maximum Gasteiger partial charge on any atom is 0.145 e. The molecule has 2 nitrogen and oxygen atoms in total. The fraction of sp³-hybridized carbons (Fsp3) is 0.455. The van der Waals surface area contributed by atoms with Crippen LogP contribution in [0, 0.1) is 5.82 Å². The highest BCUT2D eigenvalue weighted by atomic mass is 35.5. The summed E-state index contributed by atoms with van der Waals surface area (Å²) in [5.41, 5.74) is 5.13. The van der Waals surface area contributed by atoms with Crippen molar-refractivity contribution in [2.24, 2.45) is 5.73 Å². The molecule has 1 rings (SSSR count). The molecule has 0 amide bonds. The van der Waals surface area contributed by atoms with Gasteiger partial charge in [-0.05, 0) is 25.5 Å². The zero-order valence-corrected chi connectivity index (χ0v) is 9.64. The molecule has 0 aromatic heterocycles. The molecule has 4 heteroatoms. The highest BCUT2D eigenvalue weighted by Gasteiger charge is 2.22. The van der Waals surface area contributed by atoms with Gasteiger partial charge in [0.1, 0.15) is 17.2 Å². The number of rotatable bonds is 4. The van der Waals surface area contributed by atoms with E-state index in [1.54, 1.807) is 6.07 Å². The number of hydrogen-bond donors (Lipinski definition) is 1. The van der Waals surface area contributed by atoms with Crippen molar-refractivity contribution in [3.05, 3.63) is 29.0 Å². The summed E-state index contributed by atoms with van der Waals surface area (Å²) < 4.78 is 18.7. The highest BCUT2D eigenvalue weighted by molar-refractivity contribution is 6.30. The highest BCUT2D eigenvalue weighted by Crippen LogP contribution is 2.24. The molecule has 0 saturated heterocycles. The number of hydrogen-bond acceptors (Lipinski definition) is 2. The topological polar surface area (TPSA) is 35.2 Å². The smallest absolute Gasteiger partial charge is 0.145 e. The number of halogens is 2. The normalized spacial score (nSPS) is 14.7. The predicted octanol–water partition coefficient (Wildman–Crippen LogP) is 2.99. The number of ether oxygens (including phenoxy) is 1. The Balaban J connectivity index is 2.85. The lowest BCUT2D eigenvalue weighted by molar-refractivity contribution is 0.0931. The quantitative estimate of drug-likeness (QED) is 0.865. The van der Waals surface area contributed by atoms with Gasteiger partial charge in [-0.2, -0.15) is 0 Å². The van der Waals surface area contributed by atoms with E-state index in [0.29, 0.717) is 12.3 Å². The van der Waals surface area contributed by atoms with Crippen LogP contribution in [0.25, 0.3) is 0 Å². The third-order valence-electron chi connectivity index (χ3n) is 2.44. The van der Waals surface area contributed by atoms with Gasteiger partial charge in [-0.3, -0.25) is 0 Å². The van der Waals surface area contributed by atoms with E-state index in [1.807, 2.05) is 13.8 Å². The fourth-order valence-electron chi connectivity index (χ4n) is 1.08. The van der Waals surface area contributed by atoms with E-state index in [9.17, 15) is 4.39 Å². The second-order valence-electron chi connectivity index (χ2n) is 3.69. The maximum absolute atomic E-state index is 13.1. The van der Waals surface area contributed by atoms with Crippen molar-refractivity contribution in [1.29, 1.82) is 0 Å². The monoisotopic (exact) mass is 231 g/mol. The average Bonchev–Trinajstić information content (AvgIpc) is 2.23. The van der Waals surface area contributed by atoms with Gasteiger partial charge in [-0.25, -0.2) is 4.39 Å². The maximum atomic E-state index is 13.1. The summed E-state index contributed by atoms with van der Waals surface area (Å²) in [5, 5.41) is 0.0910. The standard InChI is InChI=1S/C11H15ClFNO/c1-3-11(2,7-14)15-8-4-5-9(12)10(13)6-8/h4-6H,3,7,14H2,1-2H3. The van der Waals surface area contributed by atoms with Crippen molar-refractivity contribution in [1.82, 2.24) is 0 Å². The van der Waals surface area contributed by atoms with Crippen LogP contribution < -0.4 is 10.5 Å². The van der Waals surface area contributed by atoms with Gasteiger partial charge in [0, 0.05) is 12.6 Å². The fourth-order valence-corrected chi connectivity index (χ4v) is 1.20. The summed E-state index contributed by atoms with van der Waals surface area (Å²) in [7, 11) is 0. The molecule has 0 bridgehead atoms. The van der Waals surface area contributed by atoms with E-state index in [2.05, 4.69) is 0 Å². The van der Waals surface area contributed by atoms with Gasteiger partial charge >= 0.3 is 0 Å². The number of benzene rings is 1. The van der Waals surface area contributed by atoms with E-state index in [-0.39, 0.29) is 5.02 Å². The first-order valence-electron chi connectivity index (χ1n) is 4.85. The Morgan fingerprint density at radius 2 is 2.20 bits per heavy atom. The summed E-state index contributed by atoms with van der Waals surface area (Å²) >= 11 is 5.56. The van der Waals surface area contributed by atoms with Gasteiger partial charge in [-0.1, -0.05) is 18.5 Å². The molecule has 2 N–H and O–H groups in total. The molecular weight excluding hydrogens is 217 g/mol. The van der Waals surface area contributed by atoms with Crippen LogP contribution in [0.1, 0.15) is 20.3 Å². The van der Waals surface area contributed by atoms with Crippen LogP contribution in [-0.4, -0.2) is 12.1 Å². The first-order chi connectivity index (χ1) is 7.00. The minimum absolute atomic E-state index is 0.0910. The summed E-state index contributed by atoms with van der Waals surface area (Å²) in [5.74, 6) is -0.0312. The number of nitrogens with two attached hydrogens (primary N) is 1. The summed E-state index contributed by atoms with van der Waals surface area (Å²) in [4.78, 5) is 0. The van der Waals surface area contributed by atoms with Gasteiger partial charge in [0.05, 0.1) is 5.02 Å². The second-order valence-corrected chi connectivity index (χ2v) is 4.09. The molecule has 1 aromatic carbocycles. The molecule has 1 atom stereocenters. The van der Waals surface area contributed by atoms with Crippen molar-refractivity contribution < 1.29 is 9.13 Å². The lowest BCUT2D eigenvalue weighted by atomic mass is 10.0. The van der Waals surface area contributed by atoms with Crippen molar-refractivity contribution in [3.63, 3.8) is 0 Å². The molecule has 0 aliphatic carbocycles. The predicted molar refractivity (Wildman–Crippen MR) is 59.8 cm³/mol. The van der Waals surface area contributed by atoms with Crippen LogP contribution in [0.5, 0.6) is 5.75 Å². The molecule has 15 heavy (non-hydrogen) atoms. The Morgan fingerprint density at radius 1 is 1.53 bits per heavy atom. The molecular formula is C11H15ClFNO. The van der Waals surface area contributed by atoms with E-state index >= 15 is 0 Å². The van der Waals surface area contributed by atoms with E-state index < -0.39 is 11.4 Å². The van der Waals surface area contributed by atoms with Crippen LogP contribution in [-0.2, 0) is 0 Å². The third-order valence-corrected chi connectivity index (χ3v) is 2.74. The Kier molecular flexibility index (Phi) is 3.94. The molecule has 0 saturated carbocycles. The Bertz CT molecular complexity index is 339. The largest absolute Gasteiger partial charge is 0.486 e. The minimum atomic E-state index is -0.482. The Labute approximate surface area is 94.2 Å². The van der Waals surface area contributed by atoms with Crippen molar-refractivity contribution in [3.8, 4) is 5.75 Å². The summed E-state index contributed by atoms with van der Waals surface area (Å²) in [6, 6.07) is 4.37. The van der Waals surface area contributed by atoms with Gasteiger partial charge in [-0.15, -0.1) is 0 Å². The van der Waals surface area contributed by atoms with Gasteiger partial charge in [0.25, 0.3) is 0 Å². The van der Waals surface area contributed by atoms with E-state index in [1.165, 1.54) is 12.1 Å². The van der Waals surface area contributed by atoms with Crippen molar-refractivity contribution in [2.45, 2.75) is 25.9 Å². The first-order valence-corrected chi connectivity index (χ1v) is 5.22. The molecule has 1 aromatic rings. The van der Waals surface area contributed by atoms with Crippen molar-refractivity contribution in [2.75, 3.05) is 6.54 Å². The SMILES string of the molecule is CCC(C)(CN)Oc1ccc(Cl)c(F)c1. The second kappa shape index (κ2) is 4.81. The molecule has 0 aliphatic rings. The van der Waals surface area contributed by atoms with E-state index in [4.69, 9.17) is 22.1 Å². The lowest BCUT2D eigenvalue weighted by Gasteiger charge is -2.28. The average molecular weight is 232 g/mol. The van der Waals surface area contributed by atoms with Crippen LogP contribution in [0.4, 0.5) is 4.39 Å². The minimum Gasteiger partial charge on any atom is -0.486 e. The van der Waals surface area contributed by atoms with Crippen LogP contribution in [0.15, 0.2) is 18.2 Å². The molecule has 0 fully saturated rings.